The highest BCUT2D eigenvalue weighted by Crippen LogP contribution is 2.05. The van der Waals surface area contributed by atoms with E-state index in [-0.39, 0.29) is 18.4 Å². The van der Waals surface area contributed by atoms with Crippen molar-refractivity contribution in [3.63, 3.8) is 0 Å². The minimum Gasteiger partial charge on any atom is -0.395 e. The molecule has 0 aliphatic rings. The molecule has 1 rings (SSSR count). The smallest absolute Gasteiger partial charge is 0.176 e. The third-order valence-electron chi connectivity index (χ3n) is 2.78. The summed E-state index contributed by atoms with van der Waals surface area (Å²) in [5, 5.41) is 8.97. The normalized spacial score (nSPS) is 12.8. The molecule has 1 aromatic rings. The molecule has 0 amide bonds. The highest BCUT2D eigenvalue weighted by molar-refractivity contribution is 5.97. The van der Waals surface area contributed by atoms with Gasteiger partial charge in [-0.15, -0.1) is 0 Å². The van der Waals surface area contributed by atoms with Crippen LogP contribution < -0.4 is 0 Å². The van der Waals surface area contributed by atoms with Gasteiger partial charge in [0.25, 0.3) is 0 Å². The Morgan fingerprint density at radius 3 is 2.44 bits per heavy atom. The first-order chi connectivity index (χ1) is 7.54. The second kappa shape index (κ2) is 5.77. The van der Waals surface area contributed by atoms with Crippen molar-refractivity contribution in [2.24, 2.45) is 0 Å². The molecule has 0 aliphatic carbocycles. The fourth-order valence-electron chi connectivity index (χ4n) is 1.35. The molecule has 1 atom stereocenters. The van der Waals surface area contributed by atoms with Crippen molar-refractivity contribution in [2.75, 3.05) is 20.2 Å². The van der Waals surface area contributed by atoms with Gasteiger partial charge in [-0.05, 0) is 20.9 Å². The van der Waals surface area contributed by atoms with E-state index < -0.39 is 0 Å². The number of aryl methyl sites for hydroxylation is 1. The second-order valence-corrected chi connectivity index (χ2v) is 4.24. The Hall–Kier alpha value is -1.19. The van der Waals surface area contributed by atoms with Crippen LogP contribution in [0, 0.1) is 6.92 Å². The third-order valence-corrected chi connectivity index (χ3v) is 2.78. The largest absolute Gasteiger partial charge is 0.395 e. The van der Waals surface area contributed by atoms with Gasteiger partial charge in [0.1, 0.15) is 0 Å². The number of Topliss-reactive ketones (excluding diaryl/α,β-unsaturated/α-hetero) is 1. The van der Waals surface area contributed by atoms with Gasteiger partial charge < -0.3 is 5.11 Å². The topological polar surface area (TPSA) is 40.5 Å². The lowest BCUT2D eigenvalue weighted by Crippen LogP contribution is -2.36. The zero-order valence-electron chi connectivity index (χ0n) is 10.1. The van der Waals surface area contributed by atoms with Crippen molar-refractivity contribution in [1.82, 2.24) is 4.90 Å². The Morgan fingerprint density at radius 2 is 1.94 bits per heavy atom. The maximum Gasteiger partial charge on any atom is 0.176 e. The molecule has 1 N–H and O–H groups in total. The highest BCUT2D eigenvalue weighted by Gasteiger charge is 2.13. The van der Waals surface area contributed by atoms with Crippen LogP contribution in [0.25, 0.3) is 0 Å². The molecular formula is C13H19NO2. The minimum absolute atomic E-state index is 0.00870. The van der Waals surface area contributed by atoms with Crippen molar-refractivity contribution in [2.45, 2.75) is 19.9 Å². The number of aliphatic hydroxyl groups is 1. The number of likely N-dealkylation sites (N-methyl/N-ethyl adjacent to an activating group) is 1. The number of rotatable bonds is 5. The summed E-state index contributed by atoms with van der Waals surface area (Å²) in [6, 6.07) is 7.56. The summed E-state index contributed by atoms with van der Waals surface area (Å²) in [7, 11) is 1.84. The third kappa shape index (κ3) is 3.43. The molecule has 0 heterocycles. The number of hydrogen-bond acceptors (Lipinski definition) is 3. The van der Waals surface area contributed by atoms with Crippen molar-refractivity contribution >= 4 is 5.78 Å². The van der Waals surface area contributed by atoms with Crippen LogP contribution in [-0.2, 0) is 0 Å². The van der Waals surface area contributed by atoms with Gasteiger partial charge in [0.2, 0.25) is 0 Å². The molecule has 1 unspecified atom stereocenters. The van der Waals surface area contributed by atoms with E-state index >= 15 is 0 Å². The minimum atomic E-state index is 0.00870. The van der Waals surface area contributed by atoms with Gasteiger partial charge >= 0.3 is 0 Å². The first-order valence-corrected chi connectivity index (χ1v) is 5.45. The summed E-state index contributed by atoms with van der Waals surface area (Å²) in [5.41, 5.74) is 1.87. The van der Waals surface area contributed by atoms with Gasteiger partial charge in [-0.1, -0.05) is 29.8 Å². The predicted octanol–water partition coefficient (Wildman–Crippen LogP) is 1.49. The lowest BCUT2D eigenvalue weighted by Gasteiger charge is -2.21. The van der Waals surface area contributed by atoms with Crippen LogP contribution >= 0.6 is 0 Å². The number of aliphatic hydroxyl groups excluding tert-OH is 1. The molecule has 0 bridgehead atoms. The maximum atomic E-state index is 11.9. The van der Waals surface area contributed by atoms with Gasteiger partial charge in [-0.3, -0.25) is 9.69 Å². The van der Waals surface area contributed by atoms with Crippen molar-refractivity contribution in [3.8, 4) is 0 Å². The molecule has 0 saturated heterocycles. The SMILES string of the molecule is Cc1ccc(C(=O)CN(C)C(C)CO)cc1. The highest BCUT2D eigenvalue weighted by atomic mass is 16.3. The van der Waals surface area contributed by atoms with Crippen LogP contribution in [0.5, 0.6) is 0 Å². The van der Waals surface area contributed by atoms with Crippen LogP contribution in [0.2, 0.25) is 0 Å². The lowest BCUT2D eigenvalue weighted by molar-refractivity contribution is 0.0890. The quantitative estimate of drug-likeness (QED) is 0.766. The zero-order valence-corrected chi connectivity index (χ0v) is 10.1. The molecule has 0 fully saturated rings. The predicted molar refractivity (Wildman–Crippen MR) is 64.7 cm³/mol. The number of ketones is 1. The van der Waals surface area contributed by atoms with Gasteiger partial charge in [0, 0.05) is 11.6 Å². The van der Waals surface area contributed by atoms with Gasteiger partial charge in [0.15, 0.2) is 5.78 Å². The molecule has 0 aromatic heterocycles. The number of benzene rings is 1. The fraction of sp³-hybridized carbons (Fsp3) is 0.462. The van der Waals surface area contributed by atoms with E-state index in [9.17, 15) is 4.79 Å². The average molecular weight is 221 g/mol. The molecule has 3 nitrogen and oxygen atoms in total. The molecule has 0 radical (unpaired) electrons. The first-order valence-electron chi connectivity index (χ1n) is 5.45. The number of carbonyl (C=O) groups is 1. The van der Waals surface area contributed by atoms with Crippen LogP contribution in [0.4, 0.5) is 0 Å². The van der Waals surface area contributed by atoms with Crippen LogP contribution in [0.3, 0.4) is 0 Å². The Morgan fingerprint density at radius 1 is 1.38 bits per heavy atom. The van der Waals surface area contributed by atoms with E-state index in [1.807, 2.05) is 50.1 Å². The summed E-state index contributed by atoms with van der Waals surface area (Å²) in [6.07, 6.45) is 0. The molecule has 0 saturated carbocycles. The number of hydrogen-bond donors (Lipinski definition) is 1. The van der Waals surface area contributed by atoms with Crippen LogP contribution in [0.15, 0.2) is 24.3 Å². The van der Waals surface area contributed by atoms with Crippen LogP contribution in [-0.4, -0.2) is 42.0 Å². The Bertz CT molecular complexity index is 345. The standard InChI is InChI=1S/C13H19NO2/c1-10-4-6-12(7-5-10)13(16)8-14(3)11(2)9-15/h4-7,11,15H,8-9H2,1-3H3. The van der Waals surface area contributed by atoms with Gasteiger partial charge in [-0.2, -0.15) is 0 Å². The average Bonchev–Trinajstić information content (AvgIpc) is 2.28. The van der Waals surface area contributed by atoms with Crippen molar-refractivity contribution < 1.29 is 9.90 Å². The zero-order chi connectivity index (χ0) is 12.1. The Balaban J connectivity index is 2.62. The Labute approximate surface area is 96.7 Å². The monoisotopic (exact) mass is 221 g/mol. The fourth-order valence-corrected chi connectivity index (χ4v) is 1.35. The summed E-state index contributed by atoms with van der Waals surface area (Å²) < 4.78 is 0. The summed E-state index contributed by atoms with van der Waals surface area (Å²) >= 11 is 0. The first kappa shape index (κ1) is 12.9. The Kier molecular flexibility index (Phi) is 4.65. The van der Waals surface area contributed by atoms with Crippen molar-refractivity contribution in [1.29, 1.82) is 0 Å². The molecule has 0 spiro atoms. The molecule has 88 valence electrons. The van der Waals surface area contributed by atoms with E-state index in [0.717, 1.165) is 11.1 Å². The van der Waals surface area contributed by atoms with E-state index in [2.05, 4.69) is 0 Å². The van der Waals surface area contributed by atoms with Gasteiger partial charge in [-0.25, -0.2) is 0 Å². The van der Waals surface area contributed by atoms with E-state index in [4.69, 9.17) is 5.11 Å². The molecular weight excluding hydrogens is 202 g/mol. The molecule has 1 aromatic carbocycles. The number of carbonyl (C=O) groups excluding carboxylic acids is 1. The summed E-state index contributed by atoms with van der Waals surface area (Å²) in [5.74, 6) is 0.0859. The van der Waals surface area contributed by atoms with Gasteiger partial charge in [0.05, 0.1) is 13.2 Å². The van der Waals surface area contributed by atoms with E-state index in [1.54, 1.807) is 0 Å². The second-order valence-electron chi connectivity index (χ2n) is 4.24. The van der Waals surface area contributed by atoms with Crippen LogP contribution in [0.1, 0.15) is 22.8 Å². The molecule has 3 heteroatoms. The molecule has 0 aliphatic heterocycles. The van der Waals surface area contributed by atoms with E-state index in [1.165, 1.54) is 0 Å². The lowest BCUT2D eigenvalue weighted by atomic mass is 10.1. The summed E-state index contributed by atoms with van der Waals surface area (Å²) in [4.78, 5) is 13.7. The van der Waals surface area contributed by atoms with Crippen molar-refractivity contribution in [3.05, 3.63) is 35.4 Å². The summed E-state index contributed by atoms with van der Waals surface area (Å²) in [6.45, 7) is 4.29. The maximum absolute atomic E-state index is 11.9. The molecule has 16 heavy (non-hydrogen) atoms. The van der Waals surface area contributed by atoms with E-state index in [0.29, 0.717) is 6.54 Å². The number of nitrogens with zero attached hydrogens (tertiary/aromatic N) is 1.